The van der Waals surface area contributed by atoms with E-state index in [0.717, 1.165) is 43.2 Å². The molecule has 2 rings (SSSR count). The Labute approximate surface area is 152 Å². The second-order valence-electron chi connectivity index (χ2n) is 6.21. The molecule has 0 saturated heterocycles. The van der Waals surface area contributed by atoms with Crippen molar-refractivity contribution in [2.24, 2.45) is 0 Å². The number of anilines is 1. The number of hydrogen-bond donors (Lipinski definition) is 1. The smallest absolute Gasteiger partial charge is 0.119 e. The maximum atomic E-state index is 5.76. The Morgan fingerprint density at radius 1 is 0.720 bits per heavy atom. The Bertz CT molecular complexity index is 578. The molecule has 0 radical (unpaired) electrons. The molecule has 2 aromatic carbocycles. The van der Waals surface area contributed by atoms with Gasteiger partial charge < -0.3 is 14.8 Å². The van der Waals surface area contributed by atoms with Crippen LogP contribution in [-0.2, 0) is 6.42 Å². The van der Waals surface area contributed by atoms with Gasteiger partial charge in [-0.25, -0.2) is 0 Å². The third-order valence-corrected chi connectivity index (χ3v) is 4.15. The van der Waals surface area contributed by atoms with E-state index < -0.39 is 0 Å². The van der Waals surface area contributed by atoms with Gasteiger partial charge in [0.1, 0.15) is 18.1 Å². The van der Waals surface area contributed by atoms with Gasteiger partial charge in [0, 0.05) is 12.2 Å². The second-order valence-corrected chi connectivity index (χ2v) is 6.21. The Kier molecular flexibility index (Phi) is 8.74. The van der Waals surface area contributed by atoms with E-state index in [9.17, 15) is 0 Å². The van der Waals surface area contributed by atoms with Gasteiger partial charge in [-0.3, -0.25) is 0 Å². The molecule has 0 spiro atoms. The zero-order valence-electron chi connectivity index (χ0n) is 15.6. The van der Waals surface area contributed by atoms with Crippen molar-refractivity contribution < 1.29 is 9.47 Å². The highest BCUT2D eigenvalue weighted by Gasteiger charge is 1.97. The van der Waals surface area contributed by atoms with Gasteiger partial charge in [0.15, 0.2) is 0 Å². The molecule has 0 fully saturated rings. The van der Waals surface area contributed by atoms with E-state index >= 15 is 0 Å². The summed E-state index contributed by atoms with van der Waals surface area (Å²) < 4.78 is 11.5. The van der Waals surface area contributed by atoms with Crippen LogP contribution >= 0.6 is 0 Å². The highest BCUT2D eigenvalue weighted by Crippen LogP contribution is 2.16. The molecule has 0 amide bonds. The molecule has 3 nitrogen and oxygen atoms in total. The van der Waals surface area contributed by atoms with Gasteiger partial charge in [0.2, 0.25) is 0 Å². The lowest BCUT2D eigenvalue weighted by atomic mass is 10.2. The lowest BCUT2D eigenvalue weighted by Gasteiger charge is -2.10. The summed E-state index contributed by atoms with van der Waals surface area (Å²) in [4.78, 5) is 0. The first-order valence-electron chi connectivity index (χ1n) is 9.50. The maximum Gasteiger partial charge on any atom is 0.119 e. The fourth-order valence-corrected chi connectivity index (χ4v) is 2.57. The number of benzene rings is 2. The van der Waals surface area contributed by atoms with Gasteiger partial charge >= 0.3 is 0 Å². The third-order valence-electron chi connectivity index (χ3n) is 4.15. The van der Waals surface area contributed by atoms with Crippen molar-refractivity contribution in [3.8, 4) is 11.5 Å². The van der Waals surface area contributed by atoms with Crippen molar-refractivity contribution >= 4 is 5.69 Å². The van der Waals surface area contributed by atoms with Crippen LogP contribution in [0, 0.1) is 0 Å². The quantitative estimate of drug-likeness (QED) is 0.502. The van der Waals surface area contributed by atoms with E-state index in [1.165, 1.54) is 24.8 Å². The molecule has 3 heteroatoms. The average molecular weight is 341 g/mol. The molecule has 25 heavy (non-hydrogen) atoms. The predicted octanol–water partition coefficient (Wildman–Crippen LogP) is 5.70. The van der Waals surface area contributed by atoms with Crippen LogP contribution < -0.4 is 14.8 Å². The lowest BCUT2D eigenvalue weighted by Crippen LogP contribution is -2.11. The maximum absolute atomic E-state index is 5.76. The molecule has 0 atom stereocenters. The number of nitrogens with one attached hydrogen (secondary N) is 1. The molecule has 2 aromatic rings. The van der Waals surface area contributed by atoms with Crippen LogP contribution in [0.2, 0.25) is 0 Å². The Morgan fingerprint density at radius 3 is 2.00 bits per heavy atom. The number of unbranched alkanes of at least 4 members (excludes halogenated alkanes) is 3. The van der Waals surface area contributed by atoms with E-state index in [4.69, 9.17) is 9.47 Å². The molecule has 0 aliphatic carbocycles. The van der Waals surface area contributed by atoms with E-state index in [1.807, 2.05) is 24.3 Å². The van der Waals surface area contributed by atoms with Crippen LogP contribution in [0.4, 0.5) is 5.69 Å². The molecular formula is C22H31NO2. The first kappa shape index (κ1) is 19.2. The van der Waals surface area contributed by atoms with Gasteiger partial charge in [-0.2, -0.15) is 0 Å². The van der Waals surface area contributed by atoms with Gasteiger partial charge in [-0.15, -0.1) is 0 Å². The van der Waals surface area contributed by atoms with Crippen LogP contribution in [-0.4, -0.2) is 19.8 Å². The Morgan fingerprint density at radius 2 is 1.36 bits per heavy atom. The summed E-state index contributed by atoms with van der Waals surface area (Å²) in [6, 6.07) is 16.4. The van der Waals surface area contributed by atoms with Gasteiger partial charge in [0.05, 0.1) is 6.61 Å². The Hall–Kier alpha value is -2.16. The van der Waals surface area contributed by atoms with Gasteiger partial charge in [-0.05, 0) is 54.8 Å². The van der Waals surface area contributed by atoms with Crippen LogP contribution in [0.25, 0.3) is 0 Å². The zero-order chi connectivity index (χ0) is 17.7. The highest BCUT2D eigenvalue weighted by atomic mass is 16.5. The van der Waals surface area contributed by atoms with E-state index in [2.05, 4.69) is 43.4 Å². The molecule has 1 N–H and O–H groups in total. The largest absolute Gasteiger partial charge is 0.494 e. The first-order valence-corrected chi connectivity index (χ1v) is 9.50. The SMILES string of the molecule is CCCCCCOc1ccc(NCCOc2ccc(CC)cc2)cc1. The summed E-state index contributed by atoms with van der Waals surface area (Å²) in [5, 5.41) is 3.37. The molecule has 0 aliphatic heterocycles. The van der Waals surface area contributed by atoms with E-state index in [0.29, 0.717) is 6.61 Å². The van der Waals surface area contributed by atoms with E-state index in [-0.39, 0.29) is 0 Å². The summed E-state index contributed by atoms with van der Waals surface area (Å²) in [6.07, 6.45) is 5.98. The van der Waals surface area contributed by atoms with Gasteiger partial charge in [0.25, 0.3) is 0 Å². The van der Waals surface area contributed by atoms with E-state index in [1.54, 1.807) is 0 Å². The molecule has 0 aromatic heterocycles. The minimum Gasteiger partial charge on any atom is -0.494 e. The summed E-state index contributed by atoms with van der Waals surface area (Å²) in [5.41, 5.74) is 2.42. The van der Waals surface area contributed by atoms with Crippen molar-refractivity contribution in [1.82, 2.24) is 0 Å². The fraction of sp³-hybridized carbons (Fsp3) is 0.455. The predicted molar refractivity (Wildman–Crippen MR) is 106 cm³/mol. The highest BCUT2D eigenvalue weighted by molar-refractivity contribution is 5.46. The number of aryl methyl sites for hydroxylation is 1. The van der Waals surface area contributed by atoms with Crippen molar-refractivity contribution in [3.63, 3.8) is 0 Å². The minimum absolute atomic E-state index is 0.640. The van der Waals surface area contributed by atoms with Crippen LogP contribution in [0.3, 0.4) is 0 Å². The Balaban J connectivity index is 1.62. The topological polar surface area (TPSA) is 30.5 Å². The molecule has 0 saturated carbocycles. The minimum atomic E-state index is 0.640. The molecule has 0 unspecified atom stereocenters. The zero-order valence-corrected chi connectivity index (χ0v) is 15.6. The number of hydrogen-bond acceptors (Lipinski definition) is 3. The van der Waals surface area contributed by atoms with Crippen LogP contribution in [0.5, 0.6) is 11.5 Å². The van der Waals surface area contributed by atoms with Crippen molar-refractivity contribution in [2.75, 3.05) is 25.1 Å². The third kappa shape index (κ3) is 7.51. The van der Waals surface area contributed by atoms with Crippen LogP contribution in [0.15, 0.2) is 48.5 Å². The molecular weight excluding hydrogens is 310 g/mol. The second kappa shape index (κ2) is 11.4. The normalized spacial score (nSPS) is 10.5. The number of rotatable bonds is 12. The summed E-state index contributed by atoms with van der Waals surface area (Å²) in [7, 11) is 0. The fourth-order valence-electron chi connectivity index (χ4n) is 2.57. The monoisotopic (exact) mass is 341 g/mol. The van der Waals surface area contributed by atoms with Crippen LogP contribution in [0.1, 0.15) is 45.1 Å². The summed E-state index contributed by atoms with van der Waals surface area (Å²) >= 11 is 0. The lowest BCUT2D eigenvalue weighted by molar-refractivity contribution is 0.305. The summed E-state index contributed by atoms with van der Waals surface area (Å²) in [6.45, 7) is 6.59. The first-order chi connectivity index (χ1) is 12.3. The summed E-state index contributed by atoms with van der Waals surface area (Å²) in [5.74, 6) is 1.86. The van der Waals surface area contributed by atoms with Crippen molar-refractivity contribution in [3.05, 3.63) is 54.1 Å². The average Bonchev–Trinajstić information content (AvgIpc) is 2.66. The molecule has 0 bridgehead atoms. The molecule has 136 valence electrons. The van der Waals surface area contributed by atoms with Crippen molar-refractivity contribution in [1.29, 1.82) is 0 Å². The van der Waals surface area contributed by atoms with Gasteiger partial charge in [-0.1, -0.05) is 45.2 Å². The molecule has 0 heterocycles. The molecule has 0 aliphatic rings. The standard InChI is InChI=1S/C22H31NO2/c1-3-5-6-7-17-24-22-14-10-20(11-15-22)23-16-18-25-21-12-8-19(4-2)9-13-21/h8-15,23H,3-7,16-18H2,1-2H3. The number of ether oxygens (including phenoxy) is 2. The van der Waals surface area contributed by atoms with Crippen molar-refractivity contribution in [2.45, 2.75) is 46.0 Å².